The maximum atomic E-state index is 10.4. The van der Waals surface area contributed by atoms with Crippen LogP contribution in [-0.2, 0) is 11.2 Å². The van der Waals surface area contributed by atoms with Crippen LogP contribution in [0.2, 0.25) is 0 Å². The summed E-state index contributed by atoms with van der Waals surface area (Å²) in [4.78, 5) is 20.3. The van der Waals surface area contributed by atoms with E-state index in [4.69, 9.17) is 10.8 Å². The Morgan fingerprint density at radius 1 is 0.698 bits per heavy atom. The number of carboxylic acids is 1. The Bertz CT molecular complexity index is 2120. The Hall–Kier alpha value is -5.29. The van der Waals surface area contributed by atoms with Gasteiger partial charge >= 0.3 is 267 Å². The van der Waals surface area contributed by atoms with Gasteiger partial charge in [0.25, 0.3) is 6.47 Å². The monoisotopic (exact) mass is 903 g/mol. The summed E-state index contributed by atoms with van der Waals surface area (Å²) in [6, 6.07) is 44.5. The Labute approximate surface area is 326 Å². The third kappa shape index (κ3) is 12.7. The minimum atomic E-state index is -1.05. The number of benzene rings is 5. The standard InChI is InChI=1S/C22H16N6Se2.C9H11NSe.C8H6O4/c1-3-10-17(11-4-1)23-21-27-25-19(29-21)15-8-7-9-16(14-15)20-26-28-22(30-20)24-18-12-5-2-6-13-18;10-7-9(11)6-8-4-2-1-3-5-8;9-5-12-7-3-1-2-6(4-7)8(10)11/h1-14H,(H,23,27)(H,24,28);1-5H,6-7,10H2;1-5H,(H,10,11). The summed E-state index contributed by atoms with van der Waals surface area (Å²) in [5, 5.41) is 32.8. The van der Waals surface area contributed by atoms with Gasteiger partial charge in [0.05, 0.1) is 5.56 Å². The Kier molecular flexibility index (Phi) is 15.2. The molecule has 0 radical (unpaired) electrons. The summed E-state index contributed by atoms with van der Waals surface area (Å²) in [5.74, 6) is -0.823. The van der Waals surface area contributed by atoms with E-state index in [0.29, 0.717) is 6.54 Å². The number of rotatable bonds is 12. The van der Waals surface area contributed by atoms with Gasteiger partial charge in [0.1, 0.15) is 5.75 Å². The van der Waals surface area contributed by atoms with E-state index >= 15 is 0 Å². The molecule has 0 bridgehead atoms. The second-order valence-electron chi connectivity index (χ2n) is 10.8. The summed E-state index contributed by atoms with van der Waals surface area (Å²) in [5.41, 5.74) is 11.1. The molecule has 0 amide bonds. The SMILES string of the molecule is NCC(=[Se])Cc1ccccc1.O=COc1cccc(C(=O)O)c1.c1ccc(Nc2nnc(-c3cccc(-c4nnc(Nc5ccccc5)[se]4)c3)[se]2)cc1. The number of nitrogens with zero attached hydrogens (tertiary/aromatic N) is 4. The first-order valence-electron chi connectivity index (χ1n) is 16.0. The molecule has 0 aliphatic heterocycles. The molecule has 7 aromatic rings. The van der Waals surface area contributed by atoms with Crippen molar-refractivity contribution in [2.24, 2.45) is 5.73 Å². The molecule has 7 rings (SSSR count). The van der Waals surface area contributed by atoms with Crippen LogP contribution in [0.15, 0.2) is 140 Å². The fourth-order valence-corrected chi connectivity index (χ4v) is 8.05. The molecule has 0 aliphatic rings. The quantitative estimate of drug-likeness (QED) is 0.0885. The minimum absolute atomic E-state index is 0.0353. The van der Waals surface area contributed by atoms with Crippen molar-refractivity contribution in [2.45, 2.75) is 6.42 Å². The van der Waals surface area contributed by atoms with Crippen molar-refractivity contribution in [1.29, 1.82) is 0 Å². The van der Waals surface area contributed by atoms with Crippen LogP contribution in [0.4, 0.5) is 20.8 Å². The van der Waals surface area contributed by atoms with Crippen molar-refractivity contribution in [3.8, 4) is 26.0 Å². The average Bonchev–Trinajstić information content (AvgIpc) is 3.87. The van der Waals surface area contributed by atoms with E-state index in [-0.39, 0.29) is 46.8 Å². The third-order valence-electron chi connectivity index (χ3n) is 6.99. The van der Waals surface area contributed by atoms with E-state index in [1.807, 2.05) is 84.9 Å². The molecule has 2 aromatic heterocycles. The number of carboxylic acid groups (broad SMARTS) is 1. The molecule has 0 aliphatic carbocycles. The van der Waals surface area contributed by atoms with Crippen molar-refractivity contribution < 1.29 is 19.4 Å². The van der Waals surface area contributed by atoms with Crippen molar-refractivity contribution in [3.05, 3.63) is 151 Å². The van der Waals surface area contributed by atoms with Crippen LogP contribution < -0.4 is 21.1 Å². The molecule has 5 N–H and O–H groups in total. The Balaban J connectivity index is 0.000000193. The molecule has 0 saturated carbocycles. The van der Waals surface area contributed by atoms with E-state index in [9.17, 15) is 9.59 Å². The number of para-hydroxylation sites is 2. The molecule has 266 valence electrons. The van der Waals surface area contributed by atoms with Gasteiger partial charge in [-0.15, -0.1) is 0 Å². The zero-order valence-electron chi connectivity index (χ0n) is 28.0. The zero-order chi connectivity index (χ0) is 37.3. The molecule has 0 unspecified atom stereocenters. The molecule has 11 nitrogen and oxygen atoms in total. The second-order valence-corrected chi connectivity index (χ2v) is 16.2. The van der Waals surface area contributed by atoms with Gasteiger partial charge in [-0.3, -0.25) is 4.79 Å². The fraction of sp³-hybridized carbons (Fsp3) is 0.0513. The first-order valence-corrected chi connectivity index (χ1v) is 20.3. The summed E-state index contributed by atoms with van der Waals surface area (Å²) in [7, 11) is 0. The molecular formula is C39H33N7O4Se3. The number of aromatic carboxylic acids is 1. The van der Waals surface area contributed by atoms with Crippen LogP contribution >= 0.6 is 0 Å². The fourth-order valence-electron chi connectivity index (χ4n) is 4.51. The molecular weight excluding hydrogens is 867 g/mol. The van der Waals surface area contributed by atoms with Crippen LogP contribution in [0.5, 0.6) is 5.75 Å². The molecule has 0 fully saturated rings. The summed E-state index contributed by atoms with van der Waals surface area (Å²) < 4.78 is 9.50. The molecule has 0 atom stereocenters. The van der Waals surface area contributed by atoms with Gasteiger partial charge in [-0.2, -0.15) is 0 Å². The first-order chi connectivity index (χ1) is 25.9. The van der Waals surface area contributed by atoms with E-state index in [2.05, 4.69) is 81.7 Å². The van der Waals surface area contributed by atoms with Crippen LogP contribution in [0, 0.1) is 0 Å². The van der Waals surface area contributed by atoms with Gasteiger partial charge in [0.15, 0.2) is 0 Å². The van der Waals surface area contributed by atoms with Gasteiger partial charge in [-0.05, 0) is 18.2 Å². The second kappa shape index (κ2) is 20.7. The van der Waals surface area contributed by atoms with Crippen molar-refractivity contribution in [1.82, 2.24) is 20.4 Å². The summed E-state index contributed by atoms with van der Waals surface area (Å²) in [6.45, 7) is 0.885. The summed E-state index contributed by atoms with van der Waals surface area (Å²) >= 11 is 3.04. The van der Waals surface area contributed by atoms with E-state index in [0.717, 1.165) is 47.4 Å². The van der Waals surface area contributed by atoms with Gasteiger partial charge in [-0.25, -0.2) is 4.79 Å². The number of ether oxygens (including phenoxy) is 1. The number of hydrogen-bond acceptors (Lipinski definition) is 10. The van der Waals surface area contributed by atoms with Gasteiger partial charge in [-0.1, -0.05) is 6.07 Å². The number of hydrogen-bond donors (Lipinski definition) is 4. The average molecular weight is 901 g/mol. The normalized spacial score (nSPS) is 10.1. The molecule has 0 spiro atoms. The molecule has 0 saturated heterocycles. The van der Waals surface area contributed by atoms with Crippen molar-refractivity contribution in [3.63, 3.8) is 0 Å². The Morgan fingerprint density at radius 2 is 1.21 bits per heavy atom. The predicted molar refractivity (Wildman–Crippen MR) is 212 cm³/mol. The first kappa shape index (κ1) is 38.9. The van der Waals surface area contributed by atoms with E-state index in [1.165, 1.54) is 34.2 Å². The van der Waals surface area contributed by atoms with E-state index in [1.54, 1.807) is 0 Å². The number of carbonyl (C=O) groups excluding carboxylic acids is 1. The van der Waals surface area contributed by atoms with Crippen molar-refractivity contribution >= 4 is 82.2 Å². The molecule has 2 heterocycles. The number of nitrogens with two attached hydrogens (primary N) is 1. The number of aromatic nitrogens is 4. The molecule has 14 heteroatoms. The van der Waals surface area contributed by atoms with Gasteiger partial charge < -0.3 is 9.84 Å². The summed E-state index contributed by atoms with van der Waals surface area (Å²) in [6.07, 6.45) is 0.956. The van der Waals surface area contributed by atoms with Crippen molar-refractivity contribution in [2.75, 3.05) is 17.2 Å². The number of carbonyl (C=O) groups is 2. The number of nitrogens with one attached hydrogen (secondary N) is 2. The predicted octanol–water partition coefficient (Wildman–Crippen LogP) is 5.65. The van der Waals surface area contributed by atoms with Crippen LogP contribution in [-0.4, -0.2) is 93.5 Å². The zero-order valence-corrected chi connectivity index (χ0v) is 33.2. The maximum absolute atomic E-state index is 10.4. The third-order valence-corrected chi connectivity index (χ3v) is 11.4. The van der Waals surface area contributed by atoms with E-state index < -0.39 is 5.97 Å². The van der Waals surface area contributed by atoms with Crippen LogP contribution in [0.25, 0.3) is 20.3 Å². The Morgan fingerprint density at radius 3 is 1.70 bits per heavy atom. The van der Waals surface area contributed by atoms with Crippen LogP contribution in [0.3, 0.4) is 0 Å². The topological polar surface area (TPSA) is 165 Å². The van der Waals surface area contributed by atoms with Gasteiger partial charge in [0, 0.05) is 0 Å². The molecule has 5 aromatic carbocycles. The van der Waals surface area contributed by atoms with Crippen LogP contribution in [0.1, 0.15) is 15.9 Å². The molecule has 53 heavy (non-hydrogen) atoms. The van der Waals surface area contributed by atoms with Gasteiger partial charge in [0.2, 0.25) is 0 Å². The number of anilines is 4.